The van der Waals surface area contributed by atoms with E-state index in [4.69, 9.17) is 9.47 Å². The van der Waals surface area contributed by atoms with Crippen LogP contribution in [-0.4, -0.2) is 24.2 Å². The first-order chi connectivity index (χ1) is 9.60. The Balaban J connectivity index is 2.57. The molecule has 0 aliphatic carbocycles. The Morgan fingerprint density at radius 3 is 2.50 bits per heavy atom. The highest BCUT2D eigenvalue weighted by molar-refractivity contribution is 5.61. The Hall–Kier alpha value is -2.30. The van der Waals surface area contributed by atoms with Crippen LogP contribution in [0, 0.1) is 6.92 Å². The van der Waals surface area contributed by atoms with E-state index in [0.717, 1.165) is 17.7 Å². The maximum absolute atomic E-state index is 11.9. The molecule has 0 atom stereocenters. The van der Waals surface area contributed by atoms with Gasteiger partial charge in [-0.3, -0.25) is 4.79 Å². The second-order valence-corrected chi connectivity index (χ2v) is 4.41. The standard InChI is InChI=1S/C15H18N2O3/c1-5-11-9(2)15(18)17-14(16-11)10-6-7-12(19-3)13(8-10)20-4/h6-8H,5H2,1-4H3,(H,16,17,18). The average Bonchev–Trinajstić information content (AvgIpc) is 2.49. The number of aromatic nitrogens is 2. The third-order valence-electron chi connectivity index (χ3n) is 3.24. The average molecular weight is 274 g/mol. The molecular weight excluding hydrogens is 256 g/mol. The zero-order chi connectivity index (χ0) is 14.7. The minimum atomic E-state index is -0.110. The molecule has 5 heteroatoms. The maximum atomic E-state index is 11.9. The molecule has 1 heterocycles. The molecular formula is C15H18N2O3. The number of aryl methyl sites for hydroxylation is 1. The van der Waals surface area contributed by atoms with Crippen molar-refractivity contribution < 1.29 is 9.47 Å². The third kappa shape index (κ3) is 2.52. The van der Waals surface area contributed by atoms with E-state index in [1.807, 2.05) is 13.0 Å². The van der Waals surface area contributed by atoms with Gasteiger partial charge < -0.3 is 14.5 Å². The number of nitrogens with one attached hydrogen (secondary N) is 1. The van der Waals surface area contributed by atoms with Gasteiger partial charge in [0, 0.05) is 11.1 Å². The van der Waals surface area contributed by atoms with Crippen molar-refractivity contribution >= 4 is 0 Å². The molecule has 1 aromatic carbocycles. The fraction of sp³-hybridized carbons (Fsp3) is 0.333. The Labute approximate surface area is 117 Å². The van der Waals surface area contributed by atoms with Crippen LogP contribution in [0.5, 0.6) is 11.5 Å². The lowest BCUT2D eigenvalue weighted by Gasteiger charge is -2.10. The number of ether oxygens (including phenoxy) is 2. The first-order valence-electron chi connectivity index (χ1n) is 6.42. The predicted molar refractivity (Wildman–Crippen MR) is 77.5 cm³/mol. The lowest BCUT2D eigenvalue weighted by molar-refractivity contribution is 0.355. The van der Waals surface area contributed by atoms with Crippen LogP contribution >= 0.6 is 0 Å². The summed E-state index contributed by atoms with van der Waals surface area (Å²) < 4.78 is 10.5. The summed E-state index contributed by atoms with van der Waals surface area (Å²) in [5.41, 5.74) is 2.14. The summed E-state index contributed by atoms with van der Waals surface area (Å²) in [4.78, 5) is 19.2. The van der Waals surface area contributed by atoms with Gasteiger partial charge in [0.15, 0.2) is 11.5 Å². The molecule has 1 N–H and O–H groups in total. The lowest BCUT2D eigenvalue weighted by atomic mass is 10.1. The molecule has 20 heavy (non-hydrogen) atoms. The number of benzene rings is 1. The van der Waals surface area contributed by atoms with Crippen molar-refractivity contribution in [1.29, 1.82) is 0 Å². The SMILES string of the molecule is CCc1nc(-c2ccc(OC)c(OC)c2)[nH]c(=O)c1C. The summed E-state index contributed by atoms with van der Waals surface area (Å²) in [6.07, 6.45) is 0.718. The van der Waals surface area contributed by atoms with E-state index in [1.54, 1.807) is 33.3 Å². The second-order valence-electron chi connectivity index (χ2n) is 4.41. The van der Waals surface area contributed by atoms with Crippen molar-refractivity contribution in [2.75, 3.05) is 14.2 Å². The molecule has 0 aliphatic heterocycles. The molecule has 106 valence electrons. The van der Waals surface area contributed by atoms with Crippen molar-refractivity contribution in [3.8, 4) is 22.9 Å². The summed E-state index contributed by atoms with van der Waals surface area (Å²) in [6.45, 7) is 3.76. The summed E-state index contributed by atoms with van der Waals surface area (Å²) >= 11 is 0. The maximum Gasteiger partial charge on any atom is 0.254 e. The van der Waals surface area contributed by atoms with Crippen LogP contribution in [0.1, 0.15) is 18.2 Å². The minimum absolute atomic E-state index is 0.110. The molecule has 1 aromatic heterocycles. The summed E-state index contributed by atoms with van der Waals surface area (Å²) in [5, 5.41) is 0. The Morgan fingerprint density at radius 2 is 1.90 bits per heavy atom. The number of nitrogens with zero attached hydrogens (tertiary/aromatic N) is 1. The van der Waals surface area contributed by atoms with Crippen molar-refractivity contribution in [2.24, 2.45) is 0 Å². The number of H-pyrrole nitrogens is 1. The minimum Gasteiger partial charge on any atom is -0.493 e. The van der Waals surface area contributed by atoms with Crippen molar-refractivity contribution in [1.82, 2.24) is 9.97 Å². The lowest BCUT2D eigenvalue weighted by Crippen LogP contribution is -2.15. The fourth-order valence-corrected chi connectivity index (χ4v) is 2.04. The zero-order valence-corrected chi connectivity index (χ0v) is 12.1. The van der Waals surface area contributed by atoms with Gasteiger partial charge in [-0.05, 0) is 31.5 Å². The molecule has 0 bridgehead atoms. The highest BCUT2D eigenvalue weighted by Gasteiger charge is 2.10. The largest absolute Gasteiger partial charge is 0.493 e. The van der Waals surface area contributed by atoms with E-state index in [0.29, 0.717) is 22.9 Å². The van der Waals surface area contributed by atoms with Crippen LogP contribution in [-0.2, 0) is 6.42 Å². The number of rotatable bonds is 4. The Bertz CT molecular complexity index is 677. The molecule has 0 amide bonds. The molecule has 2 aromatic rings. The van der Waals surface area contributed by atoms with Gasteiger partial charge in [-0.1, -0.05) is 6.92 Å². The second kappa shape index (κ2) is 5.77. The van der Waals surface area contributed by atoms with Gasteiger partial charge in [0.1, 0.15) is 5.82 Å². The first-order valence-corrected chi connectivity index (χ1v) is 6.42. The highest BCUT2D eigenvalue weighted by Crippen LogP contribution is 2.30. The van der Waals surface area contributed by atoms with Crippen LogP contribution in [0.15, 0.2) is 23.0 Å². The van der Waals surface area contributed by atoms with Crippen LogP contribution in [0.3, 0.4) is 0 Å². The highest BCUT2D eigenvalue weighted by atomic mass is 16.5. The summed E-state index contributed by atoms with van der Waals surface area (Å²) in [6, 6.07) is 5.43. The van der Waals surface area contributed by atoms with Crippen LogP contribution < -0.4 is 15.0 Å². The summed E-state index contributed by atoms with van der Waals surface area (Å²) in [5.74, 6) is 1.78. The van der Waals surface area contributed by atoms with Crippen molar-refractivity contribution in [2.45, 2.75) is 20.3 Å². The normalized spacial score (nSPS) is 10.4. The number of hydrogen-bond acceptors (Lipinski definition) is 4. The van der Waals surface area contributed by atoms with Gasteiger partial charge in [0.05, 0.1) is 19.9 Å². The van der Waals surface area contributed by atoms with Gasteiger partial charge in [-0.15, -0.1) is 0 Å². The van der Waals surface area contributed by atoms with E-state index >= 15 is 0 Å². The van der Waals surface area contributed by atoms with Crippen molar-refractivity contribution in [3.63, 3.8) is 0 Å². The molecule has 0 aliphatic rings. The van der Waals surface area contributed by atoms with E-state index in [2.05, 4.69) is 9.97 Å². The van der Waals surface area contributed by atoms with Gasteiger partial charge >= 0.3 is 0 Å². The summed E-state index contributed by atoms with van der Waals surface area (Å²) in [7, 11) is 3.16. The molecule has 0 saturated heterocycles. The molecule has 5 nitrogen and oxygen atoms in total. The van der Waals surface area contributed by atoms with Gasteiger partial charge in [0.25, 0.3) is 5.56 Å². The number of hydrogen-bond donors (Lipinski definition) is 1. The third-order valence-corrected chi connectivity index (χ3v) is 3.24. The molecule has 0 unspecified atom stereocenters. The van der Waals surface area contributed by atoms with Crippen LogP contribution in [0.25, 0.3) is 11.4 Å². The Kier molecular flexibility index (Phi) is 4.08. The monoisotopic (exact) mass is 274 g/mol. The molecule has 0 spiro atoms. The predicted octanol–water partition coefficient (Wildman–Crippen LogP) is 2.32. The fourth-order valence-electron chi connectivity index (χ4n) is 2.04. The molecule has 0 saturated carbocycles. The smallest absolute Gasteiger partial charge is 0.254 e. The van der Waals surface area contributed by atoms with E-state index in [-0.39, 0.29) is 5.56 Å². The van der Waals surface area contributed by atoms with Crippen LogP contribution in [0.2, 0.25) is 0 Å². The quantitative estimate of drug-likeness (QED) is 0.929. The topological polar surface area (TPSA) is 64.2 Å². The Morgan fingerprint density at radius 1 is 1.20 bits per heavy atom. The van der Waals surface area contributed by atoms with E-state index < -0.39 is 0 Å². The molecule has 0 fully saturated rings. The van der Waals surface area contributed by atoms with Gasteiger partial charge in [0.2, 0.25) is 0 Å². The van der Waals surface area contributed by atoms with E-state index in [9.17, 15) is 4.79 Å². The first kappa shape index (κ1) is 14.1. The number of methoxy groups -OCH3 is 2. The van der Waals surface area contributed by atoms with Gasteiger partial charge in [-0.2, -0.15) is 0 Å². The molecule has 0 radical (unpaired) electrons. The van der Waals surface area contributed by atoms with E-state index in [1.165, 1.54) is 0 Å². The van der Waals surface area contributed by atoms with Crippen molar-refractivity contribution in [3.05, 3.63) is 39.8 Å². The van der Waals surface area contributed by atoms with Gasteiger partial charge in [-0.25, -0.2) is 4.98 Å². The number of aromatic amines is 1. The van der Waals surface area contributed by atoms with Crippen LogP contribution in [0.4, 0.5) is 0 Å². The molecule has 2 rings (SSSR count). The zero-order valence-electron chi connectivity index (χ0n) is 12.1.